The van der Waals surface area contributed by atoms with E-state index in [0.717, 1.165) is 24.6 Å². The Morgan fingerprint density at radius 3 is 2.35 bits per heavy atom. The van der Waals surface area contributed by atoms with E-state index in [1.807, 2.05) is 44.2 Å². The third-order valence-corrected chi connectivity index (χ3v) is 5.02. The van der Waals surface area contributed by atoms with Crippen LogP contribution in [0.15, 0.2) is 30.3 Å². The summed E-state index contributed by atoms with van der Waals surface area (Å²) in [5, 5.41) is 11.9. The van der Waals surface area contributed by atoms with Crippen LogP contribution < -0.4 is 5.32 Å². The molecule has 5 nitrogen and oxygen atoms in total. The number of aryl methyl sites for hydroxylation is 1. The Morgan fingerprint density at radius 1 is 1.15 bits per heavy atom. The van der Waals surface area contributed by atoms with E-state index >= 15 is 0 Å². The Balaban J connectivity index is 2.65. The summed E-state index contributed by atoms with van der Waals surface area (Å²) in [6.07, 6.45) is 2.67. The summed E-state index contributed by atoms with van der Waals surface area (Å²) in [5.74, 6) is -1.13. The zero-order chi connectivity index (χ0) is 19.5. The van der Waals surface area contributed by atoms with Crippen LogP contribution in [0, 0.1) is 11.8 Å². The standard InChI is InChI=1S/C20H29NO4S/c1-14(2)12-18(20(24)25)21-19(23)17(13-26-15(3)22)11-7-10-16-8-5-4-6-9-16/h4-6,8-9,14,17-18H,7,10-13H2,1-3H3,(H,21,23)(H,24,25)/t17?,18-/m0/s1. The Labute approximate surface area is 159 Å². The molecule has 0 aliphatic rings. The zero-order valence-corrected chi connectivity index (χ0v) is 16.6. The van der Waals surface area contributed by atoms with E-state index in [1.165, 1.54) is 12.5 Å². The lowest BCUT2D eigenvalue weighted by Crippen LogP contribution is -2.45. The Hall–Kier alpha value is -1.82. The van der Waals surface area contributed by atoms with Gasteiger partial charge in [0.1, 0.15) is 6.04 Å². The molecular weight excluding hydrogens is 350 g/mol. The SMILES string of the molecule is CC(=O)SCC(CCCc1ccccc1)C(=O)N[C@@H](CC(C)C)C(=O)O. The Morgan fingerprint density at radius 2 is 1.81 bits per heavy atom. The van der Waals surface area contributed by atoms with Crippen molar-refractivity contribution in [2.24, 2.45) is 11.8 Å². The van der Waals surface area contributed by atoms with Crippen LogP contribution in [-0.4, -0.2) is 33.9 Å². The predicted octanol–water partition coefficient (Wildman–Crippen LogP) is 3.52. The van der Waals surface area contributed by atoms with E-state index in [1.54, 1.807) is 0 Å². The number of carbonyl (C=O) groups excluding carboxylic acids is 2. The summed E-state index contributed by atoms with van der Waals surface area (Å²) in [5.41, 5.74) is 1.20. The monoisotopic (exact) mass is 379 g/mol. The van der Waals surface area contributed by atoms with Crippen molar-refractivity contribution in [1.29, 1.82) is 0 Å². The van der Waals surface area contributed by atoms with E-state index in [0.29, 0.717) is 18.6 Å². The van der Waals surface area contributed by atoms with Crippen molar-refractivity contribution >= 4 is 28.8 Å². The molecule has 144 valence electrons. The number of carboxylic acid groups (broad SMARTS) is 1. The van der Waals surface area contributed by atoms with Crippen LogP contribution >= 0.6 is 11.8 Å². The molecule has 0 saturated carbocycles. The molecule has 1 unspecified atom stereocenters. The molecule has 0 spiro atoms. The van der Waals surface area contributed by atoms with Crippen molar-refractivity contribution in [3.8, 4) is 0 Å². The molecule has 0 aliphatic heterocycles. The van der Waals surface area contributed by atoms with Gasteiger partial charge in [-0.3, -0.25) is 9.59 Å². The summed E-state index contributed by atoms with van der Waals surface area (Å²) < 4.78 is 0. The molecule has 0 heterocycles. The number of nitrogens with one attached hydrogen (secondary N) is 1. The van der Waals surface area contributed by atoms with Gasteiger partial charge in [0, 0.05) is 18.6 Å². The number of thioether (sulfide) groups is 1. The normalized spacial score (nSPS) is 13.2. The minimum atomic E-state index is -1.02. The molecule has 1 aromatic carbocycles. The lowest BCUT2D eigenvalue weighted by Gasteiger charge is -2.21. The van der Waals surface area contributed by atoms with Crippen LogP contribution in [0.1, 0.15) is 45.6 Å². The third kappa shape index (κ3) is 9.04. The van der Waals surface area contributed by atoms with Gasteiger partial charge in [0.15, 0.2) is 5.12 Å². The number of hydrogen-bond acceptors (Lipinski definition) is 4. The Kier molecular flexibility index (Phi) is 10.0. The maximum atomic E-state index is 12.6. The first-order valence-corrected chi connectivity index (χ1v) is 9.98. The van der Waals surface area contributed by atoms with Gasteiger partial charge in [-0.25, -0.2) is 4.79 Å². The third-order valence-electron chi connectivity index (χ3n) is 4.04. The first-order valence-electron chi connectivity index (χ1n) is 9.00. The summed E-state index contributed by atoms with van der Waals surface area (Å²) >= 11 is 1.12. The smallest absolute Gasteiger partial charge is 0.326 e. The molecule has 2 atom stereocenters. The van der Waals surface area contributed by atoms with Gasteiger partial charge < -0.3 is 10.4 Å². The van der Waals surface area contributed by atoms with Gasteiger partial charge in [-0.1, -0.05) is 55.9 Å². The molecule has 2 N–H and O–H groups in total. The maximum Gasteiger partial charge on any atom is 0.326 e. The molecule has 0 aromatic heterocycles. The summed E-state index contributed by atoms with van der Waals surface area (Å²) in [6, 6.07) is 9.12. The van der Waals surface area contributed by atoms with Crippen LogP contribution in [0.3, 0.4) is 0 Å². The van der Waals surface area contributed by atoms with Crippen molar-refractivity contribution in [3.05, 3.63) is 35.9 Å². The number of carboxylic acids is 1. The van der Waals surface area contributed by atoms with Gasteiger partial charge in [-0.2, -0.15) is 0 Å². The molecule has 26 heavy (non-hydrogen) atoms. The Bertz CT molecular complexity index is 589. The maximum absolute atomic E-state index is 12.6. The van der Waals surface area contributed by atoms with Crippen LogP contribution in [0.25, 0.3) is 0 Å². The van der Waals surface area contributed by atoms with Crippen LogP contribution in [-0.2, 0) is 20.8 Å². The second-order valence-electron chi connectivity index (χ2n) is 6.91. The van der Waals surface area contributed by atoms with Gasteiger partial charge in [-0.15, -0.1) is 0 Å². The highest BCUT2D eigenvalue weighted by Crippen LogP contribution is 2.18. The minimum absolute atomic E-state index is 0.0391. The van der Waals surface area contributed by atoms with Gasteiger partial charge in [-0.05, 0) is 37.2 Å². The topological polar surface area (TPSA) is 83.5 Å². The van der Waals surface area contributed by atoms with Gasteiger partial charge in [0.05, 0.1) is 0 Å². The lowest BCUT2D eigenvalue weighted by molar-refractivity contribution is -0.142. The number of rotatable bonds is 11. The van der Waals surface area contributed by atoms with Crippen LogP contribution in [0.2, 0.25) is 0 Å². The molecule has 0 radical (unpaired) electrons. The second kappa shape index (κ2) is 11.7. The molecule has 1 rings (SSSR count). The number of amides is 1. The van der Waals surface area contributed by atoms with Crippen molar-refractivity contribution < 1.29 is 19.5 Å². The van der Waals surface area contributed by atoms with Crippen molar-refractivity contribution in [1.82, 2.24) is 5.32 Å². The van der Waals surface area contributed by atoms with Crippen molar-refractivity contribution in [2.75, 3.05) is 5.75 Å². The van der Waals surface area contributed by atoms with E-state index in [-0.39, 0.29) is 22.9 Å². The number of benzene rings is 1. The highest BCUT2D eigenvalue weighted by molar-refractivity contribution is 8.13. The summed E-state index contributed by atoms with van der Waals surface area (Å²) in [4.78, 5) is 35.3. The molecule has 6 heteroatoms. The lowest BCUT2D eigenvalue weighted by atomic mass is 9.98. The molecule has 0 saturated heterocycles. The molecule has 0 bridgehead atoms. The fourth-order valence-electron chi connectivity index (χ4n) is 2.69. The quantitative estimate of drug-likeness (QED) is 0.615. The van der Waals surface area contributed by atoms with E-state index in [2.05, 4.69) is 5.32 Å². The molecule has 0 fully saturated rings. The van der Waals surface area contributed by atoms with Gasteiger partial charge in [0.2, 0.25) is 5.91 Å². The first-order chi connectivity index (χ1) is 12.3. The van der Waals surface area contributed by atoms with Crippen molar-refractivity contribution in [3.63, 3.8) is 0 Å². The fourth-order valence-corrected chi connectivity index (χ4v) is 3.44. The predicted molar refractivity (Wildman–Crippen MR) is 105 cm³/mol. The van der Waals surface area contributed by atoms with Crippen LogP contribution in [0.5, 0.6) is 0 Å². The molecule has 1 aromatic rings. The average molecular weight is 380 g/mol. The average Bonchev–Trinajstić information content (AvgIpc) is 2.57. The van der Waals surface area contributed by atoms with Crippen molar-refractivity contribution in [2.45, 2.75) is 52.5 Å². The number of carbonyl (C=O) groups is 3. The largest absolute Gasteiger partial charge is 0.480 e. The highest BCUT2D eigenvalue weighted by atomic mass is 32.2. The first kappa shape index (κ1) is 22.2. The number of aliphatic carboxylic acids is 1. The summed E-state index contributed by atoms with van der Waals surface area (Å²) in [7, 11) is 0. The summed E-state index contributed by atoms with van der Waals surface area (Å²) in [6.45, 7) is 5.32. The van der Waals surface area contributed by atoms with Crippen LogP contribution in [0.4, 0.5) is 0 Å². The zero-order valence-electron chi connectivity index (χ0n) is 15.7. The van der Waals surface area contributed by atoms with Gasteiger partial charge >= 0.3 is 5.97 Å². The van der Waals surface area contributed by atoms with E-state index in [9.17, 15) is 19.5 Å². The molecular formula is C20H29NO4S. The highest BCUT2D eigenvalue weighted by Gasteiger charge is 2.26. The van der Waals surface area contributed by atoms with E-state index in [4.69, 9.17) is 0 Å². The molecule has 1 amide bonds. The second-order valence-corrected chi connectivity index (χ2v) is 8.10. The number of hydrogen-bond donors (Lipinski definition) is 2. The minimum Gasteiger partial charge on any atom is -0.480 e. The molecule has 0 aliphatic carbocycles. The fraction of sp³-hybridized carbons (Fsp3) is 0.550. The van der Waals surface area contributed by atoms with Gasteiger partial charge in [0.25, 0.3) is 0 Å². The van der Waals surface area contributed by atoms with E-state index < -0.39 is 12.0 Å².